The summed E-state index contributed by atoms with van der Waals surface area (Å²) in [5.74, 6) is 0.758. The summed E-state index contributed by atoms with van der Waals surface area (Å²) in [4.78, 5) is 27.3. The molecule has 0 aromatic heterocycles. The van der Waals surface area contributed by atoms with Crippen LogP contribution in [0.15, 0.2) is 48.2 Å². The first kappa shape index (κ1) is 20.0. The number of methoxy groups -OCH3 is 1. The first-order valence-corrected chi connectivity index (χ1v) is 10.1. The maximum absolute atomic E-state index is 12.5. The van der Waals surface area contributed by atoms with Gasteiger partial charge in [-0.2, -0.15) is 0 Å². The molecule has 1 fully saturated rings. The molecule has 2 aliphatic rings. The van der Waals surface area contributed by atoms with Crippen LogP contribution < -0.4 is 20.1 Å². The molecule has 2 N–H and O–H groups in total. The van der Waals surface area contributed by atoms with Crippen LogP contribution in [0.1, 0.15) is 28.8 Å². The predicted octanol–water partition coefficient (Wildman–Crippen LogP) is 2.89. The second-order valence-corrected chi connectivity index (χ2v) is 7.32. The molecular formula is C23H25N3O4. The lowest BCUT2D eigenvalue weighted by atomic mass is 10.1. The lowest BCUT2D eigenvalue weighted by Crippen LogP contribution is -2.33. The Bertz CT molecular complexity index is 980. The van der Waals surface area contributed by atoms with Gasteiger partial charge in [-0.15, -0.1) is 0 Å². The monoisotopic (exact) mass is 407 g/mol. The molecule has 0 aliphatic carbocycles. The number of amides is 2. The van der Waals surface area contributed by atoms with Gasteiger partial charge in [0.15, 0.2) is 11.5 Å². The topological polar surface area (TPSA) is 79.9 Å². The van der Waals surface area contributed by atoms with E-state index >= 15 is 0 Å². The summed E-state index contributed by atoms with van der Waals surface area (Å²) in [7, 11) is 1.58. The fourth-order valence-corrected chi connectivity index (χ4v) is 3.66. The standard InChI is InChI=1S/C23H25N3O4/c1-29-19-7-3-2-6-16(19)15-21-23(28)25-18-14-17(8-9-20(18)30-21)22(27)24-10-13-26-11-4-5-12-26/h2-3,6-9,14-15H,4-5,10-13H2,1H3,(H,24,27)(H,25,28)/b21-15+. The van der Waals surface area contributed by atoms with E-state index in [1.807, 2.05) is 24.3 Å². The molecule has 2 aromatic rings. The third-order valence-corrected chi connectivity index (χ3v) is 5.27. The zero-order chi connectivity index (χ0) is 20.9. The Balaban J connectivity index is 1.44. The zero-order valence-electron chi connectivity index (χ0n) is 16.9. The van der Waals surface area contributed by atoms with E-state index in [1.54, 1.807) is 31.4 Å². The van der Waals surface area contributed by atoms with Crippen molar-refractivity contribution >= 4 is 23.6 Å². The molecule has 1 saturated heterocycles. The van der Waals surface area contributed by atoms with Crippen LogP contribution in [0, 0.1) is 0 Å². The second-order valence-electron chi connectivity index (χ2n) is 7.32. The van der Waals surface area contributed by atoms with Crippen molar-refractivity contribution in [2.24, 2.45) is 0 Å². The molecule has 30 heavy (non-hydrogen) atoms. The number of carbonyl (C=O) groups excluding carboxylic acids is 2. The molecular weight excluding hydrogens is 382 g/mol. The quantitative estimate of drug-likeness (QED) is 0.720. The van der Waals surface area contributed by atoms with E-state index < -0.39 is 0 Å². The van der Waals surface area contributed by atoms with E-state index in [1.165, 1.54) is 12.8 Å². The Morgan fingerprint density at radius 2 is 2.03 bits per heavy atom. The number of para-hydroxylation sites is 1. The number of anilines is 1. The summed E-state index contributed by atoms with van der Waals surface area (Å²) in [6.07, 6.45) is 4.09. The van der Waals surface area contributed by atoms with Crippen molar-refractivity contribution in [3.8, 4) is 11.5 Å². The number of nitrogens with zero attached hydrogens (tertiary/aromatic N) is 1. The SMILES string of the molecule is COc1ccccc1/C=C1/Oc2ccc(C(=O)NCCN3CCCC3)cc2NC1=O. The molecule has 156 valence electrons. The number of likely N-dealkylation sites (tertiary alicyclic amines) is 1. The van der Waals surface area contributed by atoms with Crippen molar-refractivity contribution in [2.45, 2.75) is 12.8 Å². The van der Waals surface area contributed by atoms with Crippen LogP contribution in [0.5, 0.6) is 11.5 Å². The van der Waals surface area contributed by atoms with Crippen molar-refractivity contribution < 1.29 is 19.1 Å². The van der Waals surface area contributed by atoms with Crippen LogP contribution in [-0.2, 0) is 4.79 Å². The van der Waals surface area contributed by atoms with Gasteiger partial charge in [0.1, 0.15) is 5.75 Å². The average Bonchev–Trinajstić information content (AvgIpc) is 3.28. The Kier molecular flexibility index (Phi) is 5.99. The normalized spacial score (nSPS) is 17.2. The predicted molar refractivity (Wildman–Crippen MR) is 115 cm³/mol. The van der Waals surface area contributed by atoms with Gasteiger partial charge >= 0.3 is 0 Å². The second kappa shape index (κ2) is 9.00. The Hall–Kier alpha value is -3.32. The van der Waals surface area contributed by atoms with Crippen LogP contribution >= 0.6 is 0 Å². The third-order valence-electron chi connectivity index (χ3n) is 5.27. The van der Waals surface area contributed by atoms with Gasteiger partial charge in [-0.1, -0.05) is 18.2 Å². The van der Waals surface area contributed by atoms with Crippen LogP contribution in [-0.4, -0.2) is 50.0 Å². The van der Waals surface area contributed by atoms with Crippen LogP contribution in [0.25, 0.3) is 6.08 Å². The van der Waals surface area contributed by atoms with Gasteiger partial charge in [0, 0.05) is 24.2 Å². The molecule has 7 nitrogen and oxygen atoms in total. The van der Waals surface area contributed by atoms with E-state index in [0.29, 0.717) is 29.3 Å². The number of rotatable bonds is 6. The van der Waals surface area contributed by atoms with E-state index in [-0.39, 0.29) is 17.6 Å². The molecule has 0 unspecified atom stereocenters. The summed E-state index contributed by atoms with van der Waals surface area (Å²) in [5.41, 5.74) is 1.70. The van der Waals surface area contributed by atoms with Gasteiger partial charge in [0.05, 0.1) is 12.8 Å². The highest BCUT2D eigenvalue weighted by atomic mass is 16.5. The van der Waals surface area contributed by atoms with Crippen molar-refractivity contribution in [3.05, 3.63) is 59.4 Å². The molecule has 0 saturated carbocycles. The molecule has 0 atom stereocenters. The summed E-state index contributed by atoms with van der Waals surface area (Å²) < 4.78 is 11.1. The largest absolute Gasteiger partial charge is 0.496 e. The number of benzene rings is 2. The fraction of sp³-hybridized carbons (Fsp3) is 0.304. The number of hydrogen-bond acceptors (Lipinski definition) is 5. The van der Waals surface area contributed by atoms with Crippen molar-refractivity contribution in [3.63, 3.8) is 0 Å². The number of hydrogen-bond donors (Lipinski definition) is 2. The van der Waals surface area contributed by atoms with Gasteiger partial charge in [0.25, 0.3) is 11.8 Å². The maximum atomic E-state index is 12.5. The Morgan fingerprint density at radius 3 is 2.83 bits per heavy atom. The molecule has 2 heterocycles. The van der Waals surface area contributed by atoms with Crippen molar-refractivity contribution in [2.75, 3.05) is 38.6 Å². The van der Waals surface area contributed by atoms with E-state index in [4.69, 9.17) is 9.47 Å². The first-order valence-electron chi connectivity index (χ1n) is 10.1. The fourth-order valence-electron chi connectivity index (χ4n) is 3.66. The van der Waals surface area contributed by atoms with Crippen LogP contribution in [0.4, 0.5) is 5.69 Å². The number of fused-ring (bicyclic) bond motifs is 1. The minimum Gasteiger partial charge on any atom is -0.496 e. The van der Waals surface area contributed by atoms with Gasteiger partial charge in [-0.3, -0.25) is 9.59 Å². The summed E-state index contributed by atoms with van der Waals surface area (Å²) in [5, 5.41) is 5.74. The Labute approximate surface area is 175 Å². The molecule has 2 aromatic carbocycles. The highest BCUT2D eigenvalue weighted by molar-refractivity contribution is 6.09. The molecule has 4 rings (SSSR count). The smallest absolute Gasteiger partial charge is 0.291 e. The van der Waals surface area contributed by atoms with Gasteiger partial charge in [-0.25, -0.2) is 0 Å². The maximum Gasteiger partial charge on any atom is 0.291 e. The lowest BCUT2D eigenvalue weighted by Gasteiger charge is -2.21. The molecule has 7 heteroatoms. The summed E-state index contributed by atoms with van der Waals surface area (Å²) >= 11 is 0. The van der Waals surface area contributed by atoms with Gasteiger partial charge in [0.2, 0.25) is 0 Å². The highest BCUT2D eigenvalue weighted by Gasteiger charge is 2.23. The minimum atomic E-state index is -0.375. The van der Waals surface area contributed by atoms with Crippen molar-refractivity contribution in [1.29, 1.82) is 0 Å². The lowest BCUT2D eigenvalue weighted by molar-refractivity contribution is -0.115. The summed E-state index contributed by atoms with van der Waals surface area (Å²) in [6, 6.07) is 12.4. The first-order chi connectivity index (χ1) is 14.6. The van der Waals surface area contributed by atoms with E-state index in [2.05, 4.69) is 15.5 Å². The van der Waals surface area contributed by atoms with E-state index in [0.717, 1.165) is 25.2 Å². The highest BCUT2D eigenvalue weighted by Crippen LogP contribution is 2.33. The van der Waals surface area contributed by atoms with Crippen molar-refractivity contribution in [1.82, 2.24) is 10.2 Å². The molecule has 0 radical (unpaired) electrons. The van der Waals surface area contributed by atoms with Gasteiger partial charge in [-0.05, 0) is 56.3 Å². The molecule has 0 bridgehead atoms. The zero-order valence-corrected chi connectivity index (χ0v) is 16.9. The molecule has 0 spiro atoms. The van der Waals surface area contributed by atoms with Crippen LogP contribution in [0.2, 0.25) is 0 Å². The van der Waals surface area contributed by atoms with Gasteiger partial charge < -0.3 is 25.0 Å². The molecule has 2 amide bonds. The minimum absolute atomic E-state index is 0.162. The average molecular weight is 407 g/mol. The van der Waals surface area contributed by atoms with E-state index in [9.17, 15) is 9.59 Å². The number of ether oxygens (including phenoxy) is 2. The Morgan fingerprint density at radius 1 is 1.23 bits per heavy atom. The van der Waals surface area contributed by atoms with Crippen LogP contribution in [0.3, 0.4) is 0 Å². The third kappa shape index (κ3) is 4.46. The number of nitrogens with one attached hydrogen (secondary N) is 2. The summed E-state index contributed by atoms with van der Waals surface area (Å²) in [6.45, 7) is 3.66. The molecule has 2 aliphatic heterocycles. The number of carbonyl (C=O) groups is 2.